The van der Waals surface area contributed by atoms with E-state index in [4.69, 9.17) is 18.9 Å². The highest BCUT2D eigenvalue weighted by Gasteiger charge is 2.44. The Morgan fingerprint density at radius 1 is 0.298 bits per heavy atom. The highest BCUT2D eigenvalue weighted by atomic mass is 16.5. The molecule has 2 heterocycles. The summed E-state index contributed by atoms with van der Waals surface area (Å²) in [6.45, 7) is 15.6. The third-order valence-electron chi connectivity index (χ3n) is 17.3. The number of hydrogen-bond acceptors (Lipinski definition) is 12. The fourth-order valence-electron chi connectivity index (χ4n) is 12.9. The Balaban J connectivity index is 1.26. The molecule has 0 spiro atoms. The van der Waals surface area contributed by atoms with Crippen LogP contribution in [0.5, 0.6) is 46.0 Å². The molecule has 0 saturated carbocycles. The van der Waals surface area contributed by atoms with Gasteiger partial charge >= 0.3 is 23.9 Å². The smallest absolute Gasteiger partial charge is 0.335 e. The van der Waals surface area contributed by atoms with Gasteiger partial charge in [0.2, 0.25) is 0 Å². The summed E-state index contributed by atoms with van der Waals surface area (Å²) in [6, 6.07) is 39.1. The third-order valence-corrected chi connectivity index (χ3v) is 17.3. The standard InChI is InChI=1S/C76H58N2O16/c1-35(2)47-11-9-12-48(36(3)4)67(47)77-69(79)51-31-55(91-43-23-15-39(16-24-43)73(83)84)61-63-57(93-45-27-19-41(20-28-45)75(87)88)33-53-60-54(72(82)78(71(53)81)68-49(37(5)6)13-10-14-50(68)38(7)8)34-58(94-46-29-21-42(22-30-46)76(89)90)64(66(60)63)62-56(32-52(70(77)80)59(51)65(61)62)92-44-25-17-40(18-26-44)74(85)86/h9-38H,1-8H3,(H,83,84)(H,85,86)(H,87,88)(H,89,90). The molecule has 4 amide bonds. The molecule has 0 aromatic heterocycles. The Labute approximate surface area is 536 Å². The molecule has 11 aromatic rings. The van der Waals surface area contributed by atoms with Crippen molar-refractivity contribution >= 4 is 102 Å². The number of hydrogen-bond donors (Lipinski definition) is 4. The first-order valence-electron chi connectivity index (χ1n) is 30.4. The molecule has 11 aromatic carbocycles. The largest absolute Gasteiger partial charge is 0.478 e. The lowest BCUT2D eigenvalue weighted by molar-refractivity contribution is 0.0686. The molecule has 2 aliphatic heterocycles. The zero-order valence-electron chi connectivity index (χ0n) is 51.9. The number of rotatable bonds is 18. The number of imide groups is 2. The van der Waals surface area contributed by atoms with E-state index < -0.39 is 47.5 Å². The van der Waals surface area contributed by atoms with E-state index in [1.807, 2.05) is 91.8 Å². The molecule has 18 heteroatoms. The first-order valence-corrected chi connectivity index (χ1v) is 30.4. The Morgan fingerprint density at radius 2 is 0.500 bits per heavy atom. The van der Waals surface area contributed by atoms with Gasteiger partial charge in [-0.15, -0.1) is 0 Å². The van der Waals surface area contributed by atoms with Crippen LogP contribution in [0.1, 0.15) is 184 Å². The van der Waals surface area contributed by atoms with Gasteiger partial charge in [-0.25, -0.2) is 29.0 Å². The average Bonchev–Trinajstić information content (AvgIpc) is 0.673. The van der Waals surface area contributed by atoms with Gasteiger partial charge < -0.3 is 39.4 Å². The van der Waals surface area contributed by atoms with Gasteiger partial charge in [-0.05, 0) is 167 Å². The maximum Gasteiger partial charge on any atom is 0.335 e. The van der Waals surface area contributed by atoms with Crippen LogP contribution in [0.4, 0.5) is 11.4 Å². The number of nitrogens with zero attached hydrogens (tertiary/aromatic N) is 2. The van der Waals surface area contributed by atoms with Crippen molar-refractivity contribution in [2.24, 2.45) is 0 Å². The van der Waals surface area contributed by atoms with Crippen LogP contribution >= 0.6 is 0 Å². The average molecular weight is 1260 g/mol. The summed E-state index contributed by atoms with van der Waals surface area (Å²) in [5, 5.41) is 41.0. The van der Waals surface area contributed by atoms with Gasteiger partial charge in [0, 0.05) is 43.1 Å². The topological polar surface area (TPSA) is 261 Å². The molecule has 18 nitrogen and oxygen atoms in total. The Morgan fingerprint density at radius 3 is 0.681 bits per heavy atom. The van der Waals surface area contributed by atoms with E-state index in [1.54, 1.807) is 0 Å². The molecular weight excluding hydrogens is 1200 g/mol. The first-order chi connectivity index (χ1) is 44.9. The summed E-state index contributed by atoms with van der Waals surface area (Å²) < 4.78 is 28.1. The minimum atomic E-state index is -1.22. The molecule has 0 saturated heterocycles. The Bertz CT molecular complexity index is 4490. The summed E-state index contributed by atoms with van der Waals surface area (Å²) >= 11 is 0. The number of fused-ring (bicyclic) bond motifs is 2. The van der Waals surface area contributed by atoms with E-state index in [0.29, 0.717) is 33.6 Å². The lowest BCUT2D eigenvalue weighted by Crippen LogP contribution is -2.42. The van der Waals surface area contributed by atoms with Gasteiger partial charge in [0.15, 0.2) is 0 Å². The number of benzene rings is 11. The van der Waals surface area contributed by atoms with Crippen molar-refractivity contribution in [2.75, 3.05) is 9.80 Å². The zero-order chi connectivity index (χ0) is 66.6. The maximum absolute atomic E-state index is 16.3. The Kier molecular flexibility index (Phi) is 15.0. The molecule has 94 heavy (non-hydrogen) atoms. The van der Waals surface area contributed by atoms with Crippen LogP contribution < -0.4 is 28.7 Å². The molecule has 0 aliphatic carbocycles. The van der Waals surface area contributed by atoms with Crippen LogP contribution in [-0.4, -0.2) is 67.9 Å². The van der Waals surface area contributed by atoms with Crippen molar-refractivity contribution in [3.8, 4) is 46.0 Å². The van der Waals surface area contributed by atoms with E-state index in [9.17, 15) is 39.6 Å². The van der Waals surface area contributed by atoms with E-state index in [1.165, 1.54) is 121 Å². The van der Waals surface area contributed by atoms with Crippen LogP contribution in [0.3, 0.4) is 0 Å². The Hall–Kier alpha value is -11.9. The quantitative estimate of drug-likeness (QED) is 0.0353. The number of carboxylic acid groups (broad SMARTS) is 4. The fourth-order valence-corrected chi connectivity index (χ4v) is 12.9. The van der Waals surface area contributed by atoms with Gasteiger partial charge in [-0.1, -0.05) is 91.8 Å². The van der Waals surface area contributed by atoms with E-state index >= 15 is 19.2 Å². The number of amides is 4. The molecule has 13 rings (SSSR count). The SMILES string of the molecule is CC(C)c1cccc(C(C)C)c1N1C(=O)c2cc(Oc3ccc(C(=O)O)cc3)c3c4c(Oc5ccc(C(=O)O)cc5)cc5c6c(cc(Oc7ccc(C(=O)O)cc7)c(c7c(Oc8ccc(C(=O)O)cc8)cc(c2c37)C1=O)c64)C(=O)N(c1c(C(C)C)cccc1C(C)C)C5=O. The summed E-state index contributed by atoms with van der Waals surface area (Å²) in [7, 11) is 0. The summed E-state index contributed by atoms with van der Waals surface area (Å²) in [5.41, 5.74) is 2.97. The molecule has 4 N–H and O–H groups in total. The minimum Gasteiger partial charge on any atom is -0.478 e. The van der Waals surface area contributed by atoms with E-state index in [0.717, 1.165) is 9.80 Å². The van der Waals surface area contributed by atoms with Crippen molar-refractivity contribution in [1.82, 2.24) is 0 Å². The number of anilines is 2. The van der Waals surface area contributed by atoms with E-state index in [-0.39, 0.29) is 157 Å². The lowest BCUT2D eigenvalue weighted by Gasteiger charge is -2.35. The van der Waals surface area contributed by atoms with Crippen LogP contribution in [0.25, 0.3) is 43.1 Å². The number of ether oxygens (including phenoxy) is 4. The van der Waals surface area contributed by atoms with Gasteiger partial charge in [-0.3, -0.25) is 19.2 Å². The molecular formula is C76H58N2O16. The van der Waals surface area contributed by atoms with Crippen LogP contribution in [0, 0.1) is 0 Å². The summed E-state index contributed by atoms with van der Waals surface area (Å²) in [6.07, 6.45) is 0. The number of carbonyl (C=O) groups is 8. The minimum absolute atomic E-state index is 0.0457. The number of carbonyl (C=O) groups excluding carboxylic acids is 4. The molecule has 2 aliphatic rings. The third kappa shape index (κ3) is 9.97. The fraction of sp³-hybridized carbons (Fsp3) is 0.158. The monoisotopic (exact) mass is 1250 g/mol. The predicted molar refractivity (Wildman–Crippen MR) is 353 cm³/mol. The molecule has 0 radical (unpaired) electrons. The maximum atomic E-state index is 16.3. The highest BCUT2D eigenvalue weighted by Crippen LogP contribution is 2.59. The van der Waals surface area contributed by atoms with Crippen molar-refractivity contribution < 1.29 is 77.7 Å². The summed E-state index contributed by atoms with van der Waals surface area (Å²) in [5.74, 6) is -8.82. The second-order valence-electron chi connectivity index (χ2n) is 24.5. The molecule has 0 atom stereocenters. The number of para-hydroxylation sites is 2. The lowest BCUT2D eigenvalue weighted by atomic mass is 9.80. The molecule has 0 bridgehead atoms. The van der Waals surface area contributed by atoms with Crippen LogP contribution in [0.15, 0.2) is 158 Å². The number of carboxylic acids is 4. The van der Waals surface area contributed by atoms with Crippen molar-refractivity contribution in [2.45, 2.75) is 79.1 Å². The summed E-state index contributed by atoms with van der Waals surface area (Å²) in [4.78, 5) is 117. The van der Waals surface area contributed by atoms with Crippen LogP contribution in [-0.2, 0) is 0 Å². The van der Waals surface area contributed by atoms with Crippen molar-refractivity contribution in [1.29, 1.82) is 0 Å². The predicted octanol–water partition coefficient (Wildman–Crippen LogP) is 17.8. The normalized spacial score (nSPS) is 13.0. The highest BCUT2D eigenvalue weighted by molar-refractivity contribution is 6.48. The van der Waals surface area contributed by atoms with Crippen molar-refractivity contribution in [3.63, 3.8) is 0 Å². The second-order valence-corrected chi connectivity index (χ2v) is 24.5. The molecule has 468 valence electrons. The molecule has 0 unspecified atom stereocenters. The van der Waals surface area contributed by atoms with Gasteiger partial charge in [-0.2, -0.15) is 0 Å². The molecule has 0 fully saturated rings. The number of aromatic carboxylic acids is 4. The van der Waals surface area contributed by atoms with E-state index in [2.05, 4.69) is 0 Å². The van der Waals surface area contributed by atoms with Gasteiger partial charge in [0.25, 0.3) is 23.6 Å². The van der Waals surface area contributed by atoms with Crippen molar-refractivity contribution in [3.05, 3.63) is 224 Å². The second kappa shape index (κ2) is 23.1. The zero-order valence-corrected chi connectivity index (χ0v) is 51.9. The van der Waals surface area contributed by atoms with Gasteiger partial charge in [0.1, 0.15) is 46.0 Å². The van der Waals surface area contributed by atoms with Crippen LogP contribution in [0.2, 0.25) is 0 Å². The first kappa shape index (κ1) is 61.0. The van der Waals surface area contributed by atoms with Gasteiger partial charge in [0.05, 0.1) is 55.9 Å².